The highest BCUT2D eigenvalue weighted by molar-refractivity contribution is 9.10. The quantitative estimate of drug-likeness (QED) is 0.719. The van der Waals surface area contributed by atoms with Crippen LogP contribution >= 0.6 is 27.3 Å². The normalized spacial score (nSPS) is 10.4. The van der Waals surface area contributed by atoms with Crippen LogP contribution in [0.1, 0.15) is 9.67 Å². The van der Waals surface area contributed by atoms with Crippen molar-refractivity contribution < 1.29 is 4.79 Å². The molecular weight excluding hydrogens is 238 g/mol. The maximum Gasteiger partial charge on any atom is 0.160 e. The Balaban J connectivity index is 2.75. The molecule has 0 spiro atoms. The van der Waals surface area contributed by atoms with E-state index in [2.05, 4.69) is 20.9 Å². The number of pyridine rings is 1. The fourth-order valence-electron chi connectivity index (χ4n) is 0.984. The molecule has 2 heterocycles. The zero-order chi connectivity index (χ0) is 8.55. The molecular formula is C8H4BrNOS. The molecule has 2 aromatic rings. The van der Waals surface area contributed by atoms with Gasteiger partial charge in [0.2, 0.25) is 0 Å². The molecule has 0 radical (unpaired) electrons. The Bertz CT molecular complexity index is 438. The van der Waals surface area contributed by atoms with Crippen molar-refractivity contribution in [2.45, 2.75) is 0 Å². The van der Waals surface area contributed by atoms with Gasteiger partial charge in [-0.25, -0.2) is 4.98 Å². The van der Waals surface area contributed by atoms with E-state index in [1.165, 1.54) is 11.3 Å². The van der Waals surface area contributed by atoms with Crippen molar-refractivity contribution in [2.75, 3.05) is 0 Å². The predicted molar refractivity (Wildman–Crippen MR) is 52.7 cm³/mol. The van der Waals surface area contributed by atoms with Crippen LogP contribution < -0.4 is 0 Å². The number of halogens is 1. The summed E-state index contributed by atoms with van der Waals surface area (Å²) < 4.78 is 0.935. The van der Waals surface area contributed by atoms with Crippen molar-refractivity contribution in [3.8, 4) is 0 Å². The molecule has 2 aromatic heterocycles. The fraction of sp³-hybridized carbons (Fsp3) is 0. The van der Waals surface area contributed by atoms with Gasteiger partial charge in [0.1, 0.15) is 4.83 Å². The first-order valence-electron chi connectivity index (χ1n) is 3.30. The third-order valence-electron chi connectivity index (χ3n) is 1.47. The zero-order valence-corrected chi connectivity index (χ0v) is 8.35. The number of aromatic nitrogens is 1. The predicted octanol–water partition coefficient (Wildman–Crippen LogP) is 2.87. The van der Waals surface area contributed by atoms with E-state index in [-0.39, 0.29) is 0 Å². The van der Waals surface area contributed by atoms with Crippen LogP contribution in [0.2, 0.25) is 0 Å². The number of aldehydes is 1. The van der Waals surface area contributed by atoms with E-state index in [9.17, 15) is 4.79 Å². The maximum atomic E-state index is 10.4. The molecule has 4 heteroatoms. The molecule has 0 aliphatic heterocycles. The van der Waals surface area contributed by atoms with E-state index < -0.39 is 0 Å². The van der Waals surface area contributed by atoms with Gasteiger partial charge in [0, 0.05) is 16.1 Å². The first kappa shape index (κ1) is 7.89. The van der Waals surface area contributed by atoms with Crippen molar-refractivity contribution in [2.24, 2.45) is 0 Å². The van der Waals surface area contributed by atoms with E-state index in [0.717, 1.165) is 25.9 Å². The molecule has 2 rings (SSSR count). The summed E-state index contributed by atoms with van der Waals surface area (Å²) in [5, 5.41) is 1.01. The molecule has 0 aliphatic carbocycles. The number of carbonyl (C=O) groups excluding carboxylic acids is 1. The Morgan fingerprint density at radius 1 is 1.50 bits per heavy atom. The Kier molecular flexibility index (Phi) is 1.94. The van der Waals surface area contributed by atoms with E-state index in [1.54, 1.807) is 6.20 Å². The molecule has 12 heavy (non-hydrogen) atoms. The largest absolute Gasteiger partial charge is 0.297 e. The second-order valence-corrected chi connectivity index (χ2v) is 4.29. The minimum Gasteiger partial charge on any atom is -0.297 e. The van der Waals surface area contributed by atoms with Crippen LogP contribution in [-0.2, 0) is 0 Å². The highest BCUT2D eigenvalue weighted by Gasteiger charge is 2.01. The minimum absolute atomic E-state index is 0.718. The summed E-state index contributed by atoms with van der Waals surface area (Å²) in [6, 6.07) is 3.79. The van der Waals surface area contributed by atoms with Crippen molar-refractivity contribution in [1.82, 2.24) is 4.98 Å². The highest BCUT2D eigenvalue weighted by Crippen LogP contribution is 2.24. The van der Waals surface area contributed by atoms with Gasteiger partial charge in [0.15, 0.2) is 6.29 Å². The van der Waals surface area contributed by atoms with E-state index in [0.29, 0.717) is 0 Å². The molecule has 0 saturated carbocycles. The van der Waals surface area contributed by atoms with Crippen LogP contribution in [-0.4, -0.2) is 11.3 Å². The number of hydrogen-bond donors (Lipinski definition) is 0. The third-order valence-corrected chi connectivity index (χ3v) is 2.89. The standard InChI is InChI=1S/C8H4BrNOS/c9-6-1-5-2-7(4-11)12-8(5)10-3-6/h1-4H. The number of rotatable bonds is 1. The molecule has 0 aromatic carbocycles. The molecule has 0 bridgehead atoms. The summed E-state index contributed by atoms with van der Waals surface area (Å²) in [5.41, 5.74) is 0. The van der Waals surface area contributed by atoms with Gasteiger partial charge in [-0.2, -0.15) is 0 Å². The van der Waals surface area contributed by atoms with E-state index >= 15 is 0 Å². The van der Waals surface area contributed by atoms with Gasteiger partial charge in [-0.1, -0.05) is 0 Å². The summed E-state index contributed by atoms with van der Waals surface area (Å²) in [4.78, 5) is 16.2. The molecule has 0 atom stereocenters. The number of nitrogens with zero attached hydrogens (tertiary/aromatic N) is 1. The Hall–Kier alpha value is -0.740. The van der Waals surface area contributed by atoms with Gasteiger partial charge in [0.25, 0.3) is 0 Å². The summed E-state index contributed by atoms with van der Waals surface area (Å²) in [7, 11) is 0. The zero-order valence-electron chi connectivity index (χ0n) is 5.95. The highest BCUT2D eigenvalue weighted by atomic mass is 79.9. The minimum atomic E-state index is 0.718. The van der Waals surface area contributed by atoms with Crippen LogP contribution in [0.4, 0.5) is 0 Å². The number of thiophene rings is 1. The lowest BCUT2D eigenvalue weighted by atomic mass is 10.3. The first-order valence-corrected chi connectivity index (χ1v) is 4.91. The summed E-state index contributed by atoms with van der Waals surface area (Å²) >= 11 is 4.72. The number of carbonyl (C=O) groups is 1. The van der Waals surface area contributed by atoms with Gasteiger partial charge < -0.3 is 0 Å². The topological polar surface area (TPSA) is 30.0 Å². The van der Waals surface area contributed by atoms with Gasteiger partial charge in [-0.15, -0.1) is 11.3 Å². The first-order chi connectivity index (χ1) is 5.79. The average Bonchev–Trinajstić information content (AvgIpc) is 2.46. The van der Waals surface area contributed by atoms with E-state index in [4.69, 9.17) is 0 Å². The summed E-state index contributed by atoms with van der Waals surface area (Å²) in [6.07, 6.45) is 2.58. The van der Waals surface area contributed by atoms with Crippen molar-refractivity contribution in [3.05, 3.63) is 27.7 Å². The molecule has 0 fully saturated rings. The van der Waals surface area contributed by atoms with Crippen molar-refractivity contribution in [1.29, 1.82) is 0 Å². The Labute approximate surface area is 81.4 Å². The number of hydrogen-bond acceptors (Lipinski definition) is 3. The second kappa shape index (κ2) is 2.95. The van der Waals surface area contributed by atoms with Crippen molar-refractivity contribution in [3.63, 3.8) is 0 Å². The van der Waals surface area contributed by atoms with Crippen molar-refractivity contribution >= 4 is 43.8 Å². The third kappa shape index (κ3) is 1.28. The Morgan fingerprint density at radius 3 is 3.08 bits per heavy atom. The van der Waals surface area contributed by atoms with Gasteiger partial charge >= 0.3 is 0 Å². The molecule has 0 amide bonds. The van der Waals surface area contributed by atoms with Gasteiger partial charge in [0.05, 0.1) is 4.88 Å². The Morgan fingerprint density at radius 2 is 2.33 bits per heavy atom. The summed E-state index contributed by atoms with van der Waals surface area (Å²) in [5.74, 6) is 0. The maximum absolute atomic E-state index is 10.4. The number of fused-ring (bicyclic) bond motifs is 1. The van der Waals surface area contributed by atoms with Gasteiger partial charge in [-0.3, -0.25) is 4.79 Å². The molecule has 0 N–H and O–H groups in total. The summed E-state index contributed by atoms with van der Waals surface area (Å²) in [6.45, 7) is 0. The fourth-order valence-corrected chi connectivity index (χ4v) is 2.13. The molecule has 0 unspecified atom stereocenters. The molecule has 0 saturated heterocycles. The lowest BCUT2D eigenvalue weighted by Crippen LogP contribution is -1.69. The average molecular weight is 242 g/mol. The smallest absolute Gasteiger partial charge is 0.160 e. The second-order valence-electron chi connectivity index (χ2n) is 2.31. The molecule has 2 nitrogen and oxygen atoms in total. The van der Waals surface area contributed by atoms with Crippen LogP contribution in [0.3, 0.4) is 0 Å². The lowest BCUT2D eigenvalue weighted by Gasteiger charge is -1.87. The molecule has 60 valence electrons. The molecule has 0 aliphatic rings. The van der Waals surface area contributed by atoms with Crippen LogP contribution in [0, 0.1) is 0 Å². The van der Waals surface area contributed by atoms with Gasteiger partial charge in [-0.05, 0) is 28.1 Å². The lowest BCUT2D eigenvalue weighted by molar-refractivity contribution is 0.112. The van der Waals surface area contributed by atoms with Crippen LogP contribution in [0.25, 0.3) is 10.2 Å². The van der Waals surface area contributed by atoms with Crippen LogP contribution in [0.5, 0.6) is 0 Å². The SMILES string of the molecule is O=Cc1cc2cc(Br)cnc2s1. The van der Waals surface area contributed by atoms with Crippen LogP contribution in [0.15, 0.2) is 22.8 Å². The van der Waals surface area contributed by atoms with E-state index in [1.807, 2.05) is 12.1 Å². The monoisotopic (exact) mass is 241 g/mol.